The third kappa shape index (κ3) is 3.58. The van der Waals surface area contributed by atoms with E-state index < -0.39 is 0 Å². The number of imidazole rings is 1. The molecule has 5 aromatic carbocycles. The van der Waals surface area contributed by atoms with Crippen LogP contribution in [0.1, 0.15) is 19.8 Å². The smallest absolute Gasteiger partial charge is 0.142 e. The second-order valence-corrected chi connectivity index (χ2v) is 10.4. The van der Waals surface area contributed by atoms with Crippen molar-refractivity contribution < 1.29 is 4.74 Å². The Kier molecular flexibility index (Phi) is 5.54. The Morgan fingerprint density at radius 1 is 0.794 bits per heavy atom. The highest BCUT2D eigenvalue weighted by Gasteiger charge is 2.19. The molecule has 0 bridgehead atoms. The Labute approximate surface area is 214 Å². The summed E-state index contributed by atoms with van der Waals surface area (Å²) in [5, 5.41) is 6.95. The van der Waals surface area contributed by atoms with Crippen molar-refractivity contribution in [2.24, 2.45) is 0 Å². The monoisotopic (exact) mass is 572 g/mol. The number of rotatable bonds is 5. The first kappa shape index (κ1) is 21.6. The Hall–Kier alpha value is -2.89. The zero-order valence-corrected chi connectivity index (χ0v) is 21.8. The number of H-pyrrole nitrogens is 1. The normalized spacial score (nSPS) is 11.7. The van der Waals surface area contributed by atoms with Crippen LogP contribution in [0.3, 0.4) is 0 Å². The zero-order valence-electron chi connectivity index (χ0n) is 18.7. The molecule has 1 heterocycles. The predicted octanol–water partition coefficient (Wildman–Crippen LogP) is 9.39. The van der Waals surface area contributed by atoms with Crippen LogP contribution in [-0.2, 0) is 0 Å². The molecule has 168 valence electrons. The van der Waals surface area contributed by atoms with E-state index in [2.05, 4.69) is 117 Å². The average molecular weight is 574 g/mol. The van der Waals surface area contributed by atoms with Crippen LogP contribution in [0, 0.1) is 0 Å². The molecule has 5 heteroatoms. The topological polar surface area (TPSA) is 37.9 Å². The maximum Gasteiger partial charge on any atom is 0.142 e. The molecular weight excluding hydrogens is 552 g/mol. The molecule has 34 heavy (non-hydrogen) atoms. The van der Waals surface area contributed by atoms with E-state index >= 15 is 0 Å². The molecular formula is C29H22Br2N2O. The Morgan fingerprint density at radius 2 is 1.53 bits per heavy atom. The van der Waals surface area contributed by atoms with Gasteiger partial charge in [-0.15, -0.1) is 0 Å². The Morgan fingerprint density at radius 3 is 2.32 bits per heavy atom. The van der Waals surface area contributed by atoms with Crippen molar-refractivity contribution in [2.75, 3.05) is 6.61 Å². The lowest BCUT2D eigenvalue weighted by atomic mass is 10.0. The maximum atomic E-state index is 6.27. The predicted molar refractivity (Wildman–Crippen MR) is 150 cm³/mol. The second kappa shape index (κ2) is 8.71. The first-order valence-electron chi connectivity index (χ1n) is 11.5. The highest BCUT2D eigenvalue weighted by molar-refractivity contribution is 9.10. The number of halogens is 2. The molecule has 0 atom stereocenters. The lowest BCUT2D eigenvalue weighted by Crippen LogP contribution is -1.99. The molecule has 0 saturated heterocycles. The van der Waals surface area contributed by atoms with E-state index in [1.807, 2.05) is 0 Å². The lowest BCUT2D eigenvalue weighted by Gasteiger charge is -2.12. The van der Waals surface area contributed by atoms with Gasteiger partial charge in [0.15, 0.2) is 0 Å². The molecule has 0 unspecified atom stereocenters. The number of hydrogen-bond donors (Lipinski definition) is 1. The molecule has 1 aromatic heterocycles. The van der Waals surface area contributed by atoms with Gasteiger partial charge in [0.25, 0.3) is 0 Å². The first-order valence-corrected chi connectivity index (χ1v) is 13.1. The minimum atomic E-state index is 0.688. The highest BCUT2D eigenvalue weighted by Crippen LogP contribution is 2.41. The van der Waals surface area contributed by atoms with Crippen LogP contribution in [0.25, 0.3) is 54.7 Å². The van der Waals surface area contributed by atoms with E-state index in [4.69, 9.17) is 9.72 Å². The molecule has 6 rings (SSSR count). The van der Waals surface area contributed by atoms with Crippen molar-refractivity contribution in [1.82, 2.24) is 9.97 Å². The van der Waals surface area contributed by atoms with Gasteiger partial charge in [-0.1, -0.05) is 87.7 Å². The van der Waals surface area contributed by atoms with E-state index in [0.29, 0.717) is 6.61 Å². The minimum absolute atomic E-state index is 0.688. The summed E-state index contributed by atoms with van der Waals surface area (Å²) in [6, 6.07) is 25.5. The van der Waals surface area contributed by atoms with Crippen molar-refractivity contribution in [3.05, 3.63) is 81.7 Å². The van der Waals surface area contributed by atoms with Crippen molar-refractivity contribution in [3.8, 4) is 17.1 Å². The third-order valence-electron chi connectivity index (χ3n) is 6.36. The molecule has 0 spiro atoms. The number of nitrogens with one attached hydrogen (secondary N) is 1. The quantitative estimate of drug-likeness (QED) is 0.165. The van der Waals surface area contributed by atoms with Crippen LogP contribution in [-0.4, -0.2) is 16.6 Å². The van der Waals surface area contributed by atoms with Crippen LogP contribution in [0.5, 0.6) is 5.75 Å². The van der Waals surface area contributed by atoms with Gasteiger partial charge in [0.05, 0.1) is 23.2 Å². The molecule has 0 aliphatic carbocycles. The standard InChI is InChI=1S/C29H22Br2N2O/c1-2-3-14-34-25-13-8-17-6-4-5-7-20(17)26(25)29-32-27-23-15-18(30)9-11-21(23)22-12-10-19(31)16-24(22)28(27)33-29/h4-13,15-16H,2-3,14H2,1H3,(H,32,33). The Bertz CT molecular complexity index is 1630. The van der Waals surface area contributed by atoms with Crippen molar-refractivity contribution >= 4 is 75.2 Å². The van der Waals surface area contributed by atoms with Gasteiger partial charge in [-0.25, -0.2) is 4.98 Å². The minimum Gasteiger partial charge on any atom is -0.493 e. The Balaban J connectivity index is 1.70. The van der Waals surface area contributed by atoms with Crippen molar-refractivity contribution in [1.29, 1.82) is 0 Å². The largest absolute Gasteiger partial charge is 0.493 e. The van der Waals surface area contributed by atoms with Crippen LogP contribution >= 0.6 is 31.9 Å². The summed E-state index contributed by atoms with van der Waals surface area (Å²) in [4.78, 5) is 8.89. The number of aromatic amines is 1. The van der Waals surface area contributed by atoms with Crippen molar-refractivity contribution in [2.45, 2.75) is 19.8 Å². The molecule has 0 radical (unpaired) electrons. The number of benzene rings is 5. The van der Waals surface area contributed by atoms with Gasteiger partial charge in [0.2, 0.25) is 0 Å². The number of fused-ring (bicyclic) bond motifs is 7. The van der Waals surface area contributed by atoms with E-state index in [0.717, 1.165) is 66.1 Å². The average Bonchev–Trinajstić information content (AvgIpc) is 3.29. The fourth-order valence-electron chi connectivity index (χ4n) is 4.73. The summed E-state index contributed by atoms with van der Waals surface area (Å²) in [7, 11) is 0. The third-order valence-corrected chi connectivity index (χ3v) is 7.35. The van der Waals surface area contributed by atoms with E-state index in [1.165, 1.54) is 16.2 Å². The summed E-state index contributed by atoms with van der Waals surface area (Å²) >= 11 is 7.32. The molecule has 0 aliphatic rings. The number of aromatic nitrogens is 2. The van der Waals surface area contributed by atoms with Gasteiger partial charge in [-0.2, -0.15) is 0 Å². The number of unbranched alkanes of at least 4 members (excludes halogenated alkanes) is 1. The maximum absolute atomic E-state index is 6.27. The lowest BCUT2D eigenvalue weighted by molar-refractivity contribution is 0.311. The van der Waals surface area contributed by atoms with Crippen molar-refractivity contribution in [3.63, 3.8) is 0 Å². The van der Waals surface area contributed by atoms with E-state index in [1.54, 1.807) is 0 Å². The number of hydrogen-bond acceptors (Lipinski definition) is 2. The summed E-state index contributed by atoms with van der Waals surface area (Å²) in [5.41, 5.74) is 3.00. The van der Waals surface area contributed by atoms with Gasteiger partial charge in [0.1, 0.15) is 11.6 Å². The van der Waals surface area contributed by atoms with Crippen LogP contribution in [0.2, 0.25) is 0 Å². The molecule has 3 nitrogen and oxygen atoms in total. The highest BCUT2D eigenvalue weighted by atomic mass is 79.9. The first-order chi connectivity index (χ1) is 16.6. The van der Waals surface area contributed by atoms with Gasteiger partial charge < -0.3 is 9.72 Å². The van der Waals surface area contributed by atoms with Gasteiger partial charge in [-0.3, -0.25) is 0 Å². The summed E-state index contributed by atoms with van der Waals surface area (Å²) in [6.45, 7) is 2.87. The van der Waals surface area contributed by atoms with E-state index in [9.17, 15) is 0 Å². The summed E-state index contributed by atoms with van der Waals surface area (Å²) in [6.07, 6.45) is 2.11. The number of nitrogens with zero attached hydrogens (tertiary/aromatic N) is 1. The molecule has 0 fully saturated rings. The zero-order chi connectivity index (χ0) is 23.2. The summed E-state index contributed by atoms with van der Waals surface area (Å²) in [5.74, 6) is 1.69. The van der Waals surface area contributed by atoms with Gasteiger partial charge >= 0.3 is 0 Å². The second-order valence-electron chi connectivity index (χ2n) is 8.55. The van der Waals surface area contributed by atoms with Gasteiger partial charge in [-0.05, 0) is 58.3 Å². The SMILES string of the molecule is CCCCOc1ccc2ccccc2c1-c1nc2c3cc(Br)ccc3c3ccc(Br)cc3c2[nH]1. The van der Waals surface area contributed by atoms with Crippen LogP contribution in [0.4, 0.5) is 0 Å². The van der Waals surface area contributed by atoms with Crippen LogP contribution < -0.4 is 4.74 Å². The fourth-order valence-corrected chi connectivity index (χ4v) is 5.45. The molecule has 6 aromatic rings. The van der Waals surface area contributed by atoms with E-state index in [-0.39, 0.29) is 0 Å². The van der Waals surface area contributed by atoms with Crippen LogP contribution in [0.15, 0.2) is 81.7 Å². The number of ether oxygens (including phenoxy) is 1. The fraction of sp³-hybridized carbons (Fsp3) is 0.138. The molecule has 0 aliphatic heterocycles. The van der Waals surface area contributed by atoms with Gasteiger partial charge in [0, 0.05) is 19.7 Å². The summed E-state index contributed by atoms with van der Waals surface area (Å²) < 4.78 is 8.36. The molecule has 0 saturated carbocycles. The molecule has 0 amide bonds. The molecule has 1 N–H and O–H groups in total.